The van der Waals surface area contributed by atoms with Gasteiger partial charge in [-0.05, 0) is 19.8 Å². The maximum Gasteiger partial charge on any atom is 0.508 e. The van der Waals surface area contributed by atoms with Crippen LogP contribution in [-0.2, 0) is 23.8 Å². The summed E-state index contributed by atoms with van der Waals surface area (Å²) in [5.74, 6) is 0.974. The molecule has 0 N–H and O–H groups in total. The molecule has 0 aliphatic heterocycles. The van der Waals surface area contributed by atoms with Gasteiger partial charge >= 0.3 is 6.16 Å². The molecule has 162 valence electrons. The van der Waals surface area contributed by atoms with Crippen LogP contribution in [0, 0.1) is 5.92 Å². The number of carbonyl (C=O) groups excluding carboxylic acids is 3. The molecule has 0 aromatic heterocycles. The Kier molecular flexibility index (Phi) is 16.6. The molecular weight excluding hydrogens is 382 g/mol. The summed E-state index contributed by atoms with van der Waals surface area (Å²) in [6.45, 7) is 6.86. The second kappa shape index (κ2) is 17.6. The number of ether oxygens (including phenoxy) is 3. The van der Waals surface area contributed by atoms with E-state index in [9.17, 15) is 14.4 Å². The fraction of sp³-hybridized carbons (Fsp3) is 0.750. The van der Waals surface area contributed by atoms with E-state index in [0.29, 0.717) is 18.9 Å². The molecule has 0 fully saturated rings. The van der Waals surface area contributed by atoms with Crippen molar-refractivity contribution in [1.82, 2.24) is 4.90 Å². The Hall–Kier alpha value is -1.54. The number of nitrogens with zero attached hydrogens (tertiary/aromatic N) is 1. The minimum atomic E-state index is -0.778. The summed E-state index contributed by atoms with van der Waals surface area (Å²) in [6, 6.07) is 0. The van der Waals surface area contributed by atoms with Gasteiger partial charge < -0.3 is 23.9 Å². The van der Waals surface area contributed by atoms with Crippen molar-refractivity contribution in [2.75, 3.05) is 51.5 Å². The monoisotopic (exact) mass is 417 g/mol. The van der Waals surface area contributed by atoms with Crippen molar-refractivity contribution in [3.63, 3.8) is 0 Å². The van der Waals surface area contributed by atoms with Crippen LogP contribution in [0.5, 0.6) is 0 Å². The van der Waals surface area contributed by atoms with Crippen LogP contribution < -0.4 is 0 Å². The van der Waals surface area contributed by atoms with Crippen LogP contribution in [-0.4, -0.2) is 74.3 Å². The molecule has 7 nitrogen and oxygen atoms in total. The first-order valence-electron chi connectivity index (χ1n) is 9.75. The third kappa shape index (κ3) is 13.6. The highest BCUT2D eigenvalue weighted by Crippen LogP contribution is 2.17. The first-order chi connectivity index (χ1) is 13.5. The number of rotatable bonds is 16. The van der Waals surface area contributed by atoms with Crippen LogP contribution in [0.3, 0.4) is 0 Å². The summed E-state index contributed by atoms with van der Waals surface area (Å²) in [5.41, 5.74) is 0. The van der Waals surface area contributed by atoms with Gasteiger partial charge in [0, 0.05) is 31.6 Å². The molecule has 0 aliphatic rings. The van der Waals surface area contributed by atoms with Gasteiger partial charge in [-0.25, -0.2) is 4.79 Å². The van der Waals surface area contributed by atoms with Gasteiger partial charge in [0.1, 0.15) is 19.0 Å². The largest absolute Gasteiger partial charge is 0.508 e. The van der Waals surface area contributed by atoms with Crippen molar-refractivity contribution >= 4 is 29.6 Å². The fourth-order valence-electron chi connectivity index (χ4n) is 2.43. The molecule has 8 heteroatoms. The van der Waals surface area contributed by atoms with E-state index >= 15 is 0 Å². The molecule has 0 aromatic rings. The lowest BCUT2D eigenvalue weighted by Crippen LogP contribution is -2.40. The number of ketones is 1. The van der Waals surface area contributed by atoms with Crippen molar-refractivity contribution in [3.05, 3.63) is 12.2 Å². The number of hydrogen-bond acceptors (Lipinski definition) is 7. The molecule has 1 atom stereocenters. The summed E-state index contributed by atoms with van der Waals surface area (Å²) in [4.78, 5) is 37.7. The minimum Gasteiger partial charge on any atom is -0.432 e. The molecule has 0 bridgehead atoms. The molecule has 0 aromatic carbocycles. The van der Waals surface area contributed by atoms with Gasteiger partial charge in [0.05, 0.1) is 19.1 Å². The van der Waals surface area contributed by atoms with Crippen molar-refractivity contribution in [1.29, 1.82) is 0 Å². The van der Waals surface area contributed by atoms with Crippen LogP contribution in [0.4, 0.5) is 4.79 Å². The molecule has 0 saturated carbocycles. The van der Waals surface area contributed by atoms with E-state index in [-0.39, 0.29) is 43.8 Å². The molecule has 0 aliphatic carbocycles. The average Bonchev–Trinajstić information content (AvgIpc) is 2.65. The highest BCUT2D eigenvalue weighted by atomic mass is 32.2. The number of Topliss-reactive ketones (excluding diaryl/α,β-unsaturated/α-hetero) is 1. The van der Waals surface area contributed by atoms with Crippen molar-refractivity contribution in [3.8, 4) is 0 Å². The van der Waals surface area contributed by atoms with E-state index in [0.717, 1.165) is 18.6 Å². The van der Waals surface area contributed by atoms with Crippen molar-refractivity contribution in [2.24, 2.45) is 5.92 Å². The highest BCUT2D eigenvalue weighted by Gasteiger charge is 2.25. The quantitative estimate of drug-likeness (QED) is 0.216. The topological polar surface area (TPSA) is 82.1 Å². The summed E-state index contributed by atoms with van der Waals surface area (Å²) in [5, 5.41) is 0. The zero-order chi connectivity index (χ0) is 21.2. The van der Waals surface area contributed by atoms with E-state index < -0.39 is 6.16 Å². The molecule has 1 amide bonds. The summed E-state index contributed by atoms with van der Waals surface area (Å²) in [6.07, 6.45) is 5.37. The number of hydrogen-bond donors (Lipinski definition) is 0. The van der Waals surface area contributed by atoms with Crippen LogP contribution in [0.25, 0.3) is 0 Å². The molecule has 28 heavy (non-hydrogen) atoms. The zero-order valence-electron chi connectivity index (χ0n) is 17.6. The van der Waals surface area contributed by atoms with Crippen molar-refractivity contribution < 1.29 is 28.6 Å². The lowest BCUT2D eigenvalue weighted by molar-refractivity contribution is -0.137. The lowest BCUT2D eigenvalue weighted by atomic mass is 10.0. The van der Waals surface area contributed by atoms with E-state index in [1.54, 1.807) is 16.7 Å². The zero-order valence-corrected chi connectivity index (χ0v) is 18.4. The number of thioether (sulfide) groups is 1. The van der Waals surface area contributed by atoms with Crippen LogP contribution >= 0.6 is 11.8 Å². The molecule has 0 heterocycles. The fourth-order valence-corrected chi connectivity index (χ4v) is 3.38. The maximum atomic E-state index is 12.9. The lowest BCUT2D eigenvalue weighted by Gasteiger charge is -2.26. The summed E-state index contributed by atoms with van der Waals surface area (Å²) < 4.78 is 14.6. The smallest absolute Gasteiger partial charge is 0.432 e. The van der Waals surface area contributed by atoms with Gasteiger partial charge in [0.15, 0.2) is 0 Å². The van der Waals surface area contributed by atoms with Crippen molar-refractivity contribution in [2.45, 2.75) is 40.0 Å². The first kappa shape index (κ1) is 26.5. The van der Waals surface area contributed by atoms with Gasteiger partial charge in [0.25, 0.3) is 0 Å². The number of amides is 1. The highest BCUT2D eigenvalue weighted by molar-refractivity contribution is 7.99. The standard InChI is InChI=1S/C20H35NO6S/c1-5-7-8-14-28-16-18(15-17(3)22)19(23)21(9-6-2)10-11-26-20(24)27-13-12-25-4/h7-8,18H,5-6,9-16H2,1-4H3/b8-7-/t18-/m1/s1. The molecule has 0 unspecified atom stereocenters. The predicted molar refractivity (Wildman–Crippen MR) is 112 cm³/mol. The third-order valence-corrected chi connectivity index (χ3v) is 4.78. The van der Waals surface area contributed by atoms with E-state index in [4.69, 9.17) is 14.2 Å². The second-order valence-electron chi connectivity index (χ2n) is 6.29. The number of carbonyl (C=O) groups is 3. The second-order valence-corrected chi connectivity index (χ2v) is 7.36. The van der Waals surface area contributed by atoms with Crippen LogP contribution in [0.2, 0.25) is 0 Å². The molecule has 0 rings (SSSR count). The predicted octanol–water partition coefficient (Wildman–Crippen LogP) is 3.32. The maximum absolute atomic E-state index is 12.9. The Morgan fingerprint density at radius 3 is 2.36 bits per heavy atom. The Labute approximate surface area is 173 Å². The summed E-state index contributed by atoms with van der Waals surface area (Å²) >= 11 is 1.64. The Bertz CT molecular complexity index is 483. The Balaban J connectivity index is 4.63. The third-order valence-electron chi connectivity index (χ3n) is 3.71. The van der Waals surface area contributed by atoms with Gasteiger partial charge in [-0.2, -0.15) is 11.8 Å². The molecule has 0 spiro atoms. The normalized spacial score (nSPS) is 12.0. The van der Waals surface area contributed by atoms with Gasteiger partial charge in [0.2, 0.25) is 5.91 Å². The average molecular weight is 418 g/mol. The summed E-state index contributed by atoms with van der Waals surface area (Å²) in [7, 11) is 1.51. The van der Waals surface area contributed by atoms with Gasteiger partial charge in [-0.1, -0.05) is 26.0 Å². The molecule has 0 radical (unpaired) electrons. The van der Waals surface area contributed by atoms with Gasteiger partial charge in [-0.3, -0.25) is 4.79 Å². The van der Waals surface area contributed by atoms with Gasteiger partial charge in [-0.15, -0.1) is 0 Å². The molecular formula is C20H35NO6S. The van der Waals surface area contributed by atoms with Crippen LogP contribution in [0.1, 0.15) is 40.0 Å². The van der Waals surface area contributed by atoms with E-state index in [1.807, 2.05) is 6.92 Å². The Morgan fingerprint density at radius 2 is 1.75 bits per heavy atom. The minimum absolute atomic E-state index is 0.00234. The molecule has 0 saturated heterocycles. The SMILES string of the molecule is CC/C=C\CSC[C@@H](CC(C)=O)C(=O)N(CCC)CCOC(=O)OCCOC. The van der Waals surface area contributed by atoms with Crippen LogP contribution in [0.15, 0.2) is 12.2 Å². The van der Waals surface area contributed by atoms with E-state index in [2.05, 4.69) is 19.1 Å². The first-order valence-corrected chi connectivity index (χ1v) is 10.9. The Morgan fingerprint density at radius 1 is 1.04 bits per heavy atom. The van der Waals surface area contributed by atoms with E-state index in [1.165, 1.54) is 14.0 Å². The number of allylic oxidation sites excluding steroid dienone is 1. The number of methoxy groups -OCH3 is 1.